The molecule has 0 bridgehead atoms. The number of hydrogen-bond acceptors (Lipinski definition) is 4. The van der Waals surface area contributed by atoms with Gasteiger partial charge in [-0.2, -0.15) is 5.10 Å². The molecule has 5 heteroatoms. The van der Waals surface area contributed by atoms with Gasteiger partial charge in [-0.25, -0.2) is 0 Å². The minimum absolute atomic E-state index is 0.220. The van der Waals surface area contributed by atoms with Crippen molar-refractivity contribution in [2.45, 2.75) is 26.0 Å². The van der Waals surface area contributed by atoms with E-state index in [2.05, 4.69) is 20.1 Å². The molecule has 106 valence electrons. The maximum absolute atomic E-state index is 9.68. The molecular weight excluding hydrogens is 252 g/mol. The molecule has 0 aliphatic carbocycles. The molecule has 0 spiro atoms. The Bertz CT molecular complexity index is 552. The van der Waals surface area contributed by atoms with E-state index in [1.54, 1.807) is 6.20 Å². The smallest absolute Gasteiger partial charge is 0.0710 e. The molecule has 0 radical (unpaired) electrons. The zero-order valence-corrected chi connectivity index (χ0v) is 11.7. The Hall–Kier alpha value is -1.72. The van der Waals surface area contributed by atoms with Gasteiger partial charge in [0.25, 0.3) is 0 Å². The van der Waals surface area contributed by atoms with Crippen molar-refractivity contribution >= 4 is 0 Å². The van der Waals surface area contributed by atoms with Crippen LogP contribution in [0, 0.1) is 5.92 Å². The van der Waals surface area contributed by atoms with Crippen molar-refractivity contribution in [2.75, 3.05) is 13.1 Å². The van der Waals surface area contributed by atoms with Gasteiger partial charge in [-0.3, -0.25) is 15.0 Å². The Morgan fingerprint density at radius 2 is 2.40 bits per heavy atom. The monoisotopic (exact) mass is 272 g/mol. The second-order valence-corrected chi connectivity index (χ2v) is 5.54. The van der Waals surface area contributed by atoms with Crippen molar-refractivity contribution in [1.29, 1.82) is 0 Å². The predicted octanol–water partition coefficient (Wildman–Crippen LogP) is 1.67. The maximum Gasteiger partial charge on any atom is 0.0710 e. The summed E-state index contributed by atoms with van der Waals surface area (Å²) in [4.78, 5) is 6.53. The van der Waals surface area contributed by atoms with E-state index in [9.17, 15) is 5.11 Å². The van der Waals surface area contributed by atoms with E-state index in [4.69, 9.17) is 0 Å². The van der Waals surface area contributed by atoms with Crippen LogP contribution in [0.5, 0.6) is 0 Å². The first kappa shape index (κ1) is 13.3. The first-order valence-corrected chi connectivity index (χ1v) is 7.07. The van der Waals surface area contributed by atoms with Crippen LogP contribution in [0.25, 0.3) is 11.3 Å². The van der Waals surface area contributed by atoms with Crippen LogP contribution in [0.15, 0.2) is 30.7 Å². The molecule has 2 aromatic heterocycles. The number of aliphatic hydroxyl groups excluding tert-OH is 1. The van der Waals surface area contributed by atoms with Crippen LogP contribution in [0.3, 0.4) is 0 Å². The first-order chi connectivity index (χ1) is 9.74. The van der Waals surface area contributed by atoms with Gasteiger partial charge in [-0.05, 0) is 37.9 Å². The molecule has 2 N–H and O–H groups in total. The fraction of sp³-hybridized carbons (Fsp3) is 0.467. The summed E-state index contributed by atoms with van der Waals surface area (Å²) in [5.74, 6) is 0.392. The molecule has 1 saturated heterocycles. The predicted molar refractivity (Wildman–Crippen MR) is 76.9 cm³/mol. The average Bonchev–Trinajstić information content (AvgIpc) is 3.09. The van der Waals surface area contributed by atoms with Crippen LogP contribution in [-0.2, 0) is 6.54 Å². The lowest BCUT2D eigenvalue weighted by atomic mass is 10.0. The van der Waals surface area contributed by atoms with Gasteiger partial charge in [-0.1, -0.05) is 0 Å². The first-order valence-electron chi connectivity index (χ1n) is 7.07. The van der Waals surface area contributed by atoms with Gasteiger partial charge in [0.15, 0.2) is 0 Å². The molecule has 5 nitrogen and oxygen atoms in total. The standard InChI is InChI=1S/C15H20N4O/c1-11(20)13-4-6-19(9-13)10-14-8-17-18-15(14)12-3-2-5-16-7-12/h2-3,5,7-8,11,13,20H,4,6,9-10H2,1H3,(H,17,18). The lowest BCUT2D eigenvalue weighted by Crippen LogP contribution is -2.24. The third-order valence-electron chi connectivity index (χ3n) is 4.05. The third kappa shape index (κ3) is 2.73. The van der Waals surface area contributed by atoms with E-state index in [0.29, 0.717) is 5.92 Å². The summed E-state index contributed by atoms with van der Waals surface area (Å²) in [5, 5.41) is 16.9. The summed E-state index contributed by atoms with van der Waals surface area (Å²) in [6.07, 6.45) is 6.35. The number of pyridine rings is 1. The summed E-state index contributed by atoms with van der Waals surface area (Å²) < 4.78 is 0. The van der Waals surface area contributed by atoms with E-state index < -0.39 is 0 Å². The number of nitrogens with zero attached hydrogens (tertiary/aromatic N) is 3. The van der Waals surface area contributed by atoms with E-state index in [1.807, 2.05) is 31.5 Å². The van der Waals surface area contributed by atoms with Crippen molar-refractivity contribution in [3.05, 3.63) is 36.3 Å². The molecule has 3 rings (SSSR count). The molecule has 2 atom stereocenters. The minimum Gasteiger partial charge on any atom is -0.393 e. The van der Waals surface area contributed by atoms with Gasteiger partial charge in [-0.15, -0.1) is 0 Å². The number of aliphatic hydroxyl groups is 1. The van der Waals surface area contributed by atoms with E-state index >= 15 is 0 Å². The fourth-order valence-corrected chi connectivity index (χ4v) is 2.83. The zero-order chi connectivity index (χ0) is 13.9. The van der Waals surface area contributed by atoms with Crippen molar-refractivity contribution in [2.24, 2.45) is 5.92 Å². The summed E-state index contributed by atoms with van der Waals surface area (Å²) >= 11 is 0. The van der Waals surface area contributed by atoms with Crippen molar-refractivity contribution in [1.82, 2.24) is 20.1 Å². The van der Waals surface area contributed by atoms with E-state index in [0.717, 1.165) is 37.3 Å². The Balaban J connectivity index is 1.72. The van der Waals surface area contributed by atoms with Gasteiger partial charge in [0.05, 0.1) is 18.0 Å². The highest BCUT2D eigenvalue weighted by Gasteiger charge is 2.26. The molecule has 3 heterocycles. The maximum atomic E-state index is 9.68. The topological polar surface area (TPSA) is 65.0 Å². The van der Waals surface area contributed by atoms with Gasteiger partial charge in [0, 0.05) is 36.6 Å². The number of aromatic nitrogens is 3. The second kappa shape index (κ2) is 5.73. The molecule has 2 unspecified atom stereocenters. The average molecular weight is 272 g/mol. The summed E-state index contributed by atoms with van der Waals surface area (Å²) in [7, 11) is 0. The Labute approximate surface area is 118 Å². The number of rotatable bonds is 4. The van der Waals surface area contributed by atoms with Crippen molar-refractivity contribution in [3.63, 3.8) is 0 Å². The van der Waals surface area contributed by atoms with Crippen molar-refractivity contribution < 1.29 is 5.11 Å². The van der Waals surface area contributed by atoms with Crippen molar-refractivity contribution in [3.8, 4) is 11.3 Å². The highest BCUT2D eigenvalue weighted by Crippen LogP contribution is 2.25. The van der Waals surface area contributed by atoms with Gasteiger partial charge < -0.3 is 5.11 Å². The quantitative estimate of drug-likeness (QED) is 0.888. The molecule has 0 aromatic carbocycles. The van der Waals surface area contributed by atoms with E-state index in [1.165, 1.54) is 5.56 Å². The Kier molecular flexibility index (Phi) is 3.80. The van der Waals surface area contributed by atoms with E-state index in [-0.39, 0.29) is 6.10 Å². The molecule has 1 fully saturated rings. The number of nitrogens with one attached hydrogen (secondary N) is 1. The summed E-state index contributed by atoms with van der Waals surface area (Å²) in [6.45, 7) is 4.74. The number of H-pyrrole nitrogens is 1. The molecular formula is C15H20N4O. The molecule has 2 aromatic rings. The largest absolute Gasteiger partial charge is 0.393 e. The van der Waals surface area contributed by atoms with Crippen LogP contribution in [0.2, 0.25) is 0 Å². The normalized spacial score (nSPS) is 21.2. The molecule has 1 aliphatic heterocycles. The van der Waals surface area contributed by atoms with Crippen LogP contribution >= 0.6 is 0 Å². The lowest BCUT2D eigenvalue weighted by Gasteiger charge is -2.17. The van der Waals surface area contributed by atoms with Crippen LogP contribution in [0.4, 0.5) is 0 Å². The highest BCUT2D eigenvalue weighted by atomic mass is 16.3. The molecule has 1 aliphatic rings. The summed E-state index contributed by atoms with van der Waals surface area (Å²) in [6, 6.07) is 3.96. The fourth-order valence-electron chi connectivity index (χ4n) is 2.83. The van der Waals surface area contributed by atoms with Gasteiger partial charge in [0.2, 0.25) is 0 Å². The summed E-state index contributed by atoms with van der Waals surface area (Å²) in [5.41, 5.74) is 3.29. The zero-order valence-electron chi connectivity index (χ0n) is 11.7. The molecule has 20 heavy (non-hydrogen) atoms. The van der Waals surface area contributed by atoms with Crippen LogP contribution < -0.4 is 0 Å². The number of likely N-dealkylation sites (tertiary alicyclic amines) is 1. The molecule has 0 saturated carbocycles. The Morgan fingerprint density at radius 1 is 1.50 bits per heavy atom. The molecule has 0 amide bonds. The van der Waals surface area contributed by atoms with Crippen LogP contribution in [0.1, 0.15) is 18.9 Å². The minimum atomic E-state index is -0.220. The number of hydrogen-bond donors (Lipinski definition) is 2. The third-order valence-corrected chi connectivity index (χ3v) is 4.05. The SMILES string of the molecule is CC(O)C1CCN(Cc2cn[nH]c2-c2cccnc2)C1. The second-order valence-electron chi connectivity index (χ2n) is 5.54. The highest BCUT2D eigenvalue weighted by molar-refractivity contribution is 5.61. The van der Waals surface area contributed by atoms with Crippen LogP contribution in [-0.4, -0.2) is 44.4 Å². The Morgan fingerprint density at radius 3 is 3.10 bits per heavy atom. The lowest BCUT2D eigenvalue weighted by molar-refractivity contribution is 0.127. The number of aromatic amines is 1. The van der Waals surface area contributed by atoms with Gasteiger partial charge in [0.1, 0.15) is 0 Å². The van der Waals surface area contributed by atoms with Gasteiger partial charge >= 0.3 is 0 Å².